The second-order valence-electron chi connectivity index (χ2n) is 7.63. The summed E-state index contributed by atoms with van der Waals surface area (Å²) < 4.78 is 15.4. The molecular formula is C24H29FN2. The van der Waals surface area contributed by atoms with Gasteiger partial charge in [0.1, 0.15) is 5.82 Å². The molecule has 0 atom stereocenters. The Morgan fingerprint density at radius 1 is 0.852 bits per heavy atom. The fraction of sp³-hybridized carbons (Fsp3) is 0.333. The molecule has 2 aromatic carbocycles. The van der Waals surface area contributed by atoms with Gasteiger partial charge >= 0.3 is 0 Å². The normalized spacial score (nSPS) is 11.4. The molecule has 0 aliphatic rings. The lowest BCUT2D eigenvalue weighted by Gasteiger charge is -2.24. The van der Waals surface area contributed by atoms with Crippen LogP contribution in [0.15, 0.2) is 72.9 Å². The van der Waals surface area contributed by atoms with Gasteiger partial charge in [-0.2, -0.15) is 0 Å². The Morgan fingerprint density at radius 2 is 1.59 bits per heavy atom. The molecule has 0 saturated carbocycles. The van der Waals surface area contributed by atoms with Gasteiger partial charge in [-0.15, -0.1) is 0 Å². The van der Waals surface area contributed by atoms with Crippen molar-refractivity contribution in [2.75, 3.05) is 6.54 Å². The Bertz CT molecular complexity index is 806. The van der Waals surface area contributed by atoms with E-state index in [4.69, 9.17) is 0 Å². The Labute approximate surface area is 162 Å². The smallest absolute Gasteiger partial charge is 0.123 e. The van der Waals surface area contributed by atoms with Crippen LogP contribution in [-0.2, 0) is 19.6 Å². The van der Waals surface area contributed by atoms with E-state index in [0.29, 0.717) is 5.92 Å². The van der Waals surface area contributed by atoms with Crippen LogP contribution in [0.5, 0.6) is 0 Å². The summed E-state index contributed by atoms with van der Waals surface area (Å²) in [5, 5.41) is 0. The lowest BCUT2D eigenvalue weighted by molar-refractivity contribution is 0.235. The van der Waals surface area contributed by atoms with Crippen LogP contribution in [0.25, 0.3) is 0 Å². The molecule has 0 aliphatic heterocycles. The molecule has 3 heteroatoms. The van der Waals surface area contributed by atoms with Crippen molar-refractivity contribution in [3.05, 3.63) is 95.6 Å². The summed E-state index contributed by atoms with van der Waals surface area (Å²) in [6.45, 7) is 8.27. The van der Waals surface area contributed by atoms with Crippen molar-refractivity contribution >= 4 is 0 Å². The van der Waals surface area contributed by atoms with E-state index in [1.807, 2.05) is 12.1 Å². The van der Waals surface area contributed by atoms with Gasteiger partial charge in [0.25, 0.3) is 0 Å². The zero-order chi connectivity index (χ0) is 19.1. The molecule has 27 heavy (non-hydrogen) atoms. The SMILES string of the molecule is CC(C)CCN(Cc1ccccc1)Cc1cccn1Cc1ccc(F)cc1. The van der Waals surface area contributed by atoms with Crippen LogP contribution in [0.1, 0.15) is 37.1 Å². The standard InChI is InChI=1S/C24H29FN2/c1-20(2)14-16-26(17-21-7-4-3-5-8-21)19-24-9-6-15-27(24)18-22-10-12-23(25)13-11-22/h3-13,15,20H,14,16-19H2,1-2H3. The second kappa shape index (κ2) is 9.52. The Morgan fingerprint density at radius 3 is 2.30 bits per heavy atom. The van der Waals surface area contributed by atoms with Gasteiger partial charge in [0.15, 0.2) is 0 Å². The summed E-state index contributed by atoms with van der Waals surface area (Å²) in [6.07, 6.45) is 3.30. The van der Waals surface area contributed by atoms with Crippen LogP contribution >= 0.6 is 0 Å². The number of benzene rings is 2. The highest BCUT2D eigenvalue weighted by molar-refractivity contribution is 5.19. The van der Waals surface area contributed by atoms with Gasteiger partial charge in [-0.1, -0.05) is 56.3 Å². The first-order valence-electron chi connectivity index (χ1n) is 9.75. The molecule has 1 aromatic heterocycles. The molecule has 0 fully saturated rings. The van der Waals surface area contributed by atoms with E-state index in [2.05, 4.69) is 72.0 Å². The van der Waals surface area contributed by atoms with Crippen molar-refractivity contribution in [3.8, 4) is 0 Å². The highest BCUT2D eigenvalue weighted by Gasteiger charge is 2.11. The number of rotatable bonds is 9. The predicted molar refractivity (Wildman–Crippen MR) is 110 cm³/mol. The maximum absolute atomic E-state index is 13.2. The topological polar surface area (TPSA) is 8.17 Å². The fourth-order valence-electron chi connectivity index (χ4n) is 3.26. The van der Waals surface area contributed by atoms with Crippen molar-refractivity contribution in [2.45, 2.75) is 39.9 Å². The third-order valence-electron chi connectivity index (χ3n) is 4.85. The monoisotopic (exact) mass is 364 g/mol. The predicted octanol–water partition coefficient (Wildman–Crippen LogP) is 5.72. The van der Waals surface area contributed by atoms with E-state index in [1.54, 1.807) is 0 Å². The molecule has 1 heterocycles. The molecule has 0 aliphatic carbocycles. The first-order valence-corrected chi connectivity index (χ1v) is 9.75. The fourth-order valence-corrected chi connectivity index (χ4v) is 3.26. The molecule has 0 amide bonds. The molecule has 2 nitrogen and oxygen atoms in total. The average Bonchev–Trinajstić information content (AvgIpc) is 3.09. The second-order valence-corrected chi connectivity index (χ2v) is 7.63. The molecule has 0 bridgehead atoms. The van der Waals surface area contributed by atoms with E-state index >= 15 is 0 Å². The lowest BCUT2D eigenvalue weighted by atomic mass is 10.1. The molecule has 142 valence electrons. The van der Waals surface area contributed by atoms with Crippen LogP contribution in [0.2, 0.25) is 0 Å². The van der Waals surface area contributed by atoms with Gasteiger partial charge in [0.2, 0.25) is 0 Å². The highest BCUT2D eigenvalue weighted by Crippen LogP contribution is 2.15. The summed E-state index contributed by atoms with van der Waals surface area (Å²) in [7, 11) is 0. The van der Waals surface area contributed by atoms with Crippen molar-refractivity contribution in [1.82, 2.24) is 9.47 Å². The largest absolute Gasteiger partial charge is 0.346 e. The van der Waals surface area contributed by atoms with Gasteiger partial charge in [0, 0.05) is 31.5 Å². The van der Waals surface area contributed by atoms with Crippen molar-refractivity contribution < 1.29 is 4.39 Å². The average molecular weight is 365 g/mol. The molecule has 0 saturated heterocycles. The Balaban J connectivity index is 1.71. The lowest BCUT2D eigenvalue weighted by Crippen LogP contribution is -2.26. The third kappa shape index (κ3) is 6.07. The molecule has 3 rings (SSSR count). The number of hydrogen-bond donors (Lipinski definition) is 0. The quantitative estimate of drug-likeness (QED) is 0.471. The van der Waals surface area contributed by atoms with Gasteiger partial charge in [-0.3, -0.25) is 4.90 Å². The Hall–Kier alpha value is -2.39. The van der Waals surface area contributed by atoms with Gasteiger partial charge < -0.3 is 4.57 Å². The van der Waals surface area contributed by atoms with E-state index in [9.17, 15) is 4.39 Å². The van der Waals surface area contributed by atoms with Crippen LogP contribution in [0.4, 0.5) is 4.39 Å². The first-order chi connectivity index (χ1) is 13.1. The van der Waals surface area contributed by atoms with Crippen molar-refractivity contribution in [1.29, 1.82) is 0 Å². The molecule has 0 unspecified atom stereocenters. The minimum atomic E-state index is -0.186. The molecule has 0 spiro atoms. The summed E-state index contributed by atoms with van der Waals surface area (Å²) in [5.74, 6) is 0.503. The van der Waals surface area contributed by atoms with E-state index in [-0.39, 0.29) is 5.82 Å². The Kier molecular flexibility index (Phi) is 6.83. The van der Waals surface area contributed by atoms with Crippen molar-refractivity contribution in [3.63, 3.8) is 0 Å². The zero-order valence-electron chi connectivity index (χ0n) is 16.3. The van der Waals surface area contributed by atoms with E-state index in [0.717, 1.165) is 31.7 Å². The zero-order valence-corrected chi connectivity index (χ0v) is 16.3. The molecule has 0 radical (unpaired) electrons. The van der Waals surface area contributed by atoms with Crippen LogP contribution in [0.3, 0.4) is 0 Å². The number of nitrogens with zero attached hydrogens (tertiary/aromatic N) is 2. The summed E-state index contributed by atoms with van der Waals surface area (Å²) >= 11 is 0. The van der Waals surface area contributed by atoms with E-state index < -0.39 is 0 Å². The molecule has 3 aromatic rings. The van der Waals surface area contributed by atoms with Gasteiger partial charge in [-0.05, 0) is 54.3 Å². The van der Waals surface area contributed by atoms with E-state index in [1.165, 1.54) is 29.8 Å². The molecule has 0 N–H and O–H groups in total. The minimum Gasteiger partial charge on any atom is -0.346 e. The van der Waals surface area contributed by atoms with Crippen LogP contribution in [-0.4, -0.2) is 16.0 Å². The summed E-state index contributed by atoms with van der Waals surface area (Å²) in [6, 6.07) is 21.7. The number of aromatic nitrogens is 1. The van der Waals surface area contributed by atoms with Crippen LogP contribution in [0, 0.1) is 11.7 Å². The number of hydrogen-bond acceptors (Lipinski definition) is 1. The summed E-state index contributed by atoms with van der Waals surface area (Å²) in [4.78, 5) is 2.52. The minimum absolute atomic E-state index is 0.186. The highest BCUT2D eigenvalue weighted by atomic mass is 19.1. The maximum atomic E-state index is 13.2. The van der Waals surface area contributed by atoms with Crippen molar-refractivity contribution in [2.24, 2.45) is 5.92 Å². The third-order valence-corrected chi connectivity index (χ3v) is 4.85. The number of halogens is 1. The van der Waals surface area contributed by atoms with Crippen LogP contribution < -0.4 is 0 Å². The van der Waals surface area contributed by atoms with Gasteiger partial charge in [-0.25, -0.2) is 4.39 Å². The molecular weight excluding hydrogens is 335 g/mol. The maximum Gasteiger partial charge on any atom is 0.123 e. The van der Waals surface area contributed by atoms with Gasteiger partial charge in [0.05, 0.1) is 0 Å². The first kappa shape index (κ1) is 19.4. The summed E-state index contributed by atoms with van der Waals surface area (Å²) in [5.41, 5.74) is 3.75.